The van der Waals surface area contributed by atoms with E-state index in [1.165, 1.54) is 44.6 Å². The van der Waals surface area contributed by atoms with E-state index in [-0.39, 0.29) is 23.4 Å². The predicted molar refractivity (Wildman–Crippen MR) is 92.3 cm³/mol. The van der Waals surface area contributed by atoms with Crippen LogP contribution < -0.4 is 0 Å². The molecule has 4 aliphatic carbocycles. The molecule has 3 fully saturated rings. The second-order valence-electron chi connectivity index (χ2n) is 9.29. The van der Waals surface area contributed by atoms with E-state index in [2.05, 4.69) is 13.8 Å². The Kier molecular flexibility index (Phi) is 3.71. The lowest BCUT2D eigenvalue weighted by molar-refractivity contribution is -0.149. The highest BCUT2D eigenvalue weighted by atomic mass is 16.5. The Hall–Kier alpha value is -1.12. The standard InChI is InChI=1S/C21H30O3/c1-13(22)24-15-6-10-21(3)14(11-15)12-18(23)19-16-5-4-8-20(16,2)9-7-17(19)21/h12,15-17,19H,4-11H2,1-3H3. The van der Waals surface area contributed by atoms with Crippen molar-refractivity contribution in [3.8, 4) is 0 Å². The molecule has 0 radical (unpaired) electrons. The molecular formula is C21H30O3. The van der Waals surface area contributed by atoms with Crippen molar-refractivity contribution in [2.75, 3.05) is 0 Å². The fraction of sp³-hybridized carbons (Fsp3) is 0.810. The van der Waals surface area contributed by atoms with Crippen molar-refractivity contribution < 1.29 is 14.3 Å². The summed E-state index contributed by atoms with van der Waals surface area (Å²) in [7, 11) is 0. The minimum atomic E-state index is -0.205. The fourth-order valence-electron chi connectivity index (χ4n) is 6.69. The Morgan fingerprint density at radius 3 is 2.67 bits per heavy atom. The highest BCUT2D eigenvalue weighted by Gasteiger charge is 2.58. The van der Waals surface area contributed by atoms with Crippen LogP contribution in [0.2, 0.25) is 0 Å². The van der Waals surface area contributed by atoms with Crippen LogP contribution in [0.5, 0.6) is 0 Å². The second-order valence-corrected chi connectivity index (χ2v) is 9.29. The molecule has 24 heavy (non-hydrogen) atoms. The number of ketones is 1. The number of carbonyl (C=O) groups is 2. The monoisotopic (exact) mass is 330 g/mol. The van der Waals surface area contributed by atoms with Crippen molar-refractivity contribution in [3.63, 3.8) is 0 Å². The first kappa shape index (κ1) is 16.4. The lowest BCUT2D eigenvalue weighted by Gasteiger charge is -2.56. The molecule has 6 unspecified atom stereocenters. The molecule has 3 nitrogen and oxygen atoms in total. The molecule has 0 saturated heterocycles. The van der Waals surface area contributed by atoms with E-state index in [1.807, 2.05) is 6.08 Å². The van der Waals surface area contributed by atoms with Gasteiger partial charge in [0.15, 0.2) is 5.78 Å². The van der Waals surface area contributed by atoms with Crippen molar-refractivity contribution in [3.05, 3.63) is 11.6 Å². The molecule has 0 aromatic carbocycles. The van der Waals surface area contributed by atoms with E-state index < -0.39 is 0 Å². The van der Waals surface area contributed by atoms with Crippen LogP contribution in [0.15, 0.2) is 11.6 Å². The van der Waals surface area contributed by atoms with Gasteiger partial charge in [-0.2, -0.15) is 0 Å². The zero-order valence-electron chi connectivity index (χ0n) is 15.3. The van der Waals surface area contributed by atoms with Crippen molar-refractivity contribution in [2.24, 2.45) is 28.6 Å². The van der Waals surface area contributed by atoms with E-state index in [4.69, 9.17) is 4.74 Å². The molecule has 4 rings (SSSR count). The Bertz CT molecular complexity index is 606. The second kappa shape index (κ2) is 5.44. The zero-order chi connectivity index (χ0) is 17.1. The molecule has 4 aliphatic rings. The first-order valence-corrected chi connectivity index (χ1v) is 9.76. The summed E-state index contributed by atoms with van der Waals surface area (Å²) in [6.45, 7) is 6.28. The smallest absolute Gasteiger partial charge is 0.302 e. The van der Waals surface area contributed by atoms with Crippen molar-refractivity contribution >= 4 is 11.8 Å². The molecule has 0 heterocycles. The van der Waals surface area contributed by atoms with Gasteiger partial charge in [-0.1, -0.05) is 25.8 Å². The lowest BCUT2D eigenvalue weighted by atomic mass is 9.48. The number of allylic oxidation sites excluding steroid dienone is 1. The van der Waals surface area contributed by atoms with Crippen LogP contribution in [0.1, 0.15) is 72.1 Å². The Morgan fingerprint density at radius 2 is 1.92 bits per heavy atom. The quantitative estimate of drug-likeness (QED) is 0.667. The predicted octanol–water partition coefficient (Wildman–Crippen LogP) is 4.45. The minimum Gasteiger partial charge on any atom is -0.462 e. The number of rotatable bonds is 1. The Labute approximate surface area is 145 Å². The molecule has 0 spiro atoms. The van der Waals surface area contributed by atoms with E-state index in [0.717, 1.165) is 19.3 Å². The highest BCUT2D eigenvalue weighted by Crippen LogP contribution is 2.64. The summed E-state index contributed by atoms with van der Waals surface area (Å²) in [4.78, 5) is 24.4. The van der Waals surface area contributed by atoms with Crippen LogP contribution in [0.25, 0.3) is 0 Å². The molecule has 3 heteroatoms. The molecular weight excluding hydrogens is 300 g/mol. The lowest BCUT2D eigenvalue weighted by Crippen LogP contribution is -2.52. The molecule has 0 aromatic rings. The van der Waals surface area contributed by atoms with Gasteiger partial charge in [0.05, 0.1) is 0 Å². The van der Waals surface area contributed by atoms with E-state index in [1.54, 1.807) is 0 Å². The van der Waals surface area contributed by atoms with Gasteiger partial charge in [0, 0.05) is 19.3 Å². The van der Waals surface area contributed by atoms with E-state index in [0.29, 0.717) is 23.0 Å². The molecule has 0 aliphatic heterocycles. The summed E-state index contributed by atoms with van der Waals surface area (Å²) in [6, 6.07) is 0. The molecule has 0 amide bonds. The molecule has 132 valence electrons. The number of hydrogen-bond donors (Lipinski definition) is 0. The fourth-order valence-corrected chi connectivity index (χ4v) is 6.69. The number of fused-ring (bicyclic) bond motifs is 5. The van der Waals surface area contributed by atoms with Crippen molar-refractivity contribution in [1.29, 1.82) is 0 Å². The summed E-state index contributed by atoms with van der Waals surface area (Å²) in [5.41, 5.74) is 1.79. The minimum absolute atomic E-state index is 0.0356. The molecule has 0 N–H and O–H groups in total. The van der Waals surface area contributed by atoms with Gasteiger partial charge in [0.2, 0.25) is 0 Å². The maximum atomic E-state index is 13.1. The normalized spacial score (nSPS) is 47.3. The van der Waals surface area contributed by atoms with Gasteiger partial charge in [-0.3, -0.25) is 9.59 Å². The van der Waals surface area contributed by atoms with Crippen molar-refractivity contribution in [2.45, 2.75) is 78.2 Å². The van der Waals surface area contributed by atoms with Crippen LogP contribution in [0, 0.1) is 28.6 Å². The maximum absolute atomic E-state index is 13.1. The summed E-state index contributed by atoms with van der Waals surface area (Å²) >= 11 is 0. The summed E-state index contributed by atoms with van der Waals surface area (Å²) in [5, 5.41) is 0. The third-order valence-corrected chi connectivity index (χ3v) is 8.01. The van der Waals surface area contributed by atoms with Crippen LogP contribution in [-0.4, -0.2) is 17.9 Å². The first-order valence-electron chi connectivity index (χ1n) is 9.76. The first-order chi connectivity index (χ1) is 11.3. The van der Waals surface area contributed by atoms with Gasteiger partial charge in [-0.05, 0) is 67.3 Å². The van der Waals surface area contributed by atoms with Gasteiger partial charge in [-0.15, -0.1) is 0 Å². The molecule has 0 aromatic heterocycles. The van der Waals surface area contributed by atoms with Gasteiger partial charge in [0.1, 0.15) is 6.10 Å². The van der Waals surface area contributed by atoms with E-state index in [9.17, 15) is 9.59 Å². The maximum Gasteiger partial charge on any atom is 0.302 e. The number of hydrogen-bond acceptors (Lipinski definition) is 3. The molecule has 3 saturated carbocycles. The van der Waals surface area contributed by atoms with E-state index >= 15 is 0 Å². The van der Waals surface area contributed by atoms with Gasteiger partial charge in [-0.25, -0.2) is 0 Å². The topological polar surface area (TPSA) is 43.4 Å². The molecule has 6 atom stereocenters. The molecule has 0 bridgehead atoms. The summed E-state index contributed by atoms with van der Waals surface area (Å²) < 4.78 is 5.45. The average Bonchev–Trinajstić information content (AvgIpc) is 2.90. The number of esters is 1. The van der Waals surface area contributed by atoms with Gasteiger partial charge < -0.3 is 4.74 Å². The number of carbonyl (C=O) groups excluding carboxylic acids is 2. The van der Waals surface area contributed by atoms with Crippen molar-refractivity contribution in [1.82, 2.24) is 0 Å². The third-order valence-electron chi connectivity index (χ3n) is 8.01. The van der Waals surface area contributed by atoms with Crippen LogP contribution in [-0.2, 0) is 14.3 Å². The highest BCUT2D eigenvalue weighted by molar-refractivity contribution is 5.94. The third kappa shape index (κ3) is 2.30. The van der Waals surface area contributed by atoms with Crippen LogP contribution in [0.3, 0.4) is 0 Å². The Morgan fingerprint density at radius 1 is 1.12 bits per heavy atom. The summed E-state index contributed by atoms with van der Waals surface area (Å²) in [6.07, 6.45) is 11.0. The zero-order valence-corrected chi connectivity index (χ0v) is 15.3. The van der Waals surface area contributed by atoms with Crippen LogP contribution >= 0.6 is 0 Å². The van der Waals surface area contributed by atoms with Gasteiger partial charge >= 0.3 is 5.97 Å². The summed E-state index contributed by atoms with van der Waals surface area (Å²) in [5.74, 6) is 1.49. The SMILES string of the molecule is CC(=O)OC1CCC2(C)C(=CC(=O)C3C4CCCC4(C)CCC32)C1. The van der Waals surface area contributed by atoms with Crippen LogP contribution in [0.4, 0.5) is 0 Å². The number of ether oxygens (including phenoxy) is 1. The Balaban J connectivity index is 1.65. The average molecular weight is 330 g/mol. The largest absolute Gasteiger partial charge is 0.462 e. The van der Waals surface area contributed by atoms with Gasteiger partial charge in [0.25, 0.3) is 0 Å².